The lowest BCUT2D eigenvalue weighted by Gasteiger charge is -2.34. The van der Waals surface area contributed by atoms with Gasteiger partial charge in [-0.2, -0.15) is 0 Å². The van der Waals surface area contributed by atoms with Gasteiger partial charge in [-0.3, -0.25) is 0 Å². The highest BCUT2D eigenvalue weighted by Crippen LogP contribution is 2.46. The molecule has 0 aromatic carbocycles. The molecule has 1 saturated carbocycles. The molecule has 1 aliphatic heterocycles. The van der Waals surface area contributed by atoms with Gasteiger partial charge in [0, 0.05) is 25.9 Å². The number of nitrogens with zero attached hydrogens (tertiary/aromatic N) is 1. The van der Waals surface area contributed by atoms with Crippen LogP contribution >= 0.6 is 0 Å². The Labute approximate surface area is 118 Å². The van der Waals surface area contributed by atoms with E-state index in [1.165, 1.54) is 18.3 Å². The number of esters is 1. The Kier molecular flexibility index (Phi) is 4.20. The number of rotatable bonds is 2. The zero-order valence-electron chi connectivity index (χ0n) is 12.3. The lowest BCUT2D eigenvalue weighted by Crippen LogP contribution is -2.40. The molecule has 2 aliphatic rings. The van der Waals surface area contributed by atoms with Gasteiger partial charge in [0.05, 0.1) is 18.9 Å². The van der Waals surface area contributed by atoms with Gasteiger partial charge in [-0.1, -0.05) is 6.92 Å². The topological polar surface area (TPSA) is 65.1 Å². The van der Waals surface area contributed by atoms with Gasteiger partial charge < -0.3 is 19.1 Å². The van der Waals surface area contributed by atoms with Gasteiger partial charge in [-0.25, -0.2) is 9.59 Å². The number of amides is 1. The van der Waals surface area contributed by atoms with Crippen molar-refractivity contribution in [3.8, 4) is 0 Å². The first-order valence-corrected chi connectivity index (χ1v) is 6.77. The van der Waals surface area contributed by atoms with Crippen LogP contribution in [0.15, 0.2) is 11.8 Å². The number of ether oxygens (including phenoxy) is 3. The monoisotopic (exact) mass is 283 g/mol. The van der Waals surface area contributed by atoms with E-state index < -0.39 is 12.4 Å². The summed E-state index contributed by atoms with van der Waals surface area (Å²) in [6, 6.07) is 0. The molecule has 0 aromatic rings. The van der Waals surface area contributed by atoms with Crippen LogP contribution in [0.2, 0.25) is 0 Å². The van der Waals surface area contributed by atoms with Crippen molar-refractivity contribution >= 4 is 12.1 Å². The van der Waals surface area contributed by atoms with Crippen molar-refractivity contribution in [3.63, 3.8) is 0 Å². The zero-order chi connectivity index (χ0) is 14.9. The fraction of sp³-hybridized carbons (Fsp3) is 0.714. The maximum Gasteiger partial charge on any atom is 0.412 e. The Hall–Kier alpha value is -1.72. The summed E-state index contributed by atoms with van der Waals surface area (Å²) >= 11 is 0. The van der Waals surface area contributed by atoms with Crippen LogP contribution in [0.25, 0.3) is 0 Å². The first kappa shape index (κ1) is 14.7. The van der Waals surface area contributed by atoms with Crippen molar-refractivity contribution in [2.45, 2.75) is 26.1 Å². The van der Waals surface area contributed by atoms with Crippen molar-refractivity contribution in [1.29, 1.82) is 0 Å². The summed E-state index contributed by atoms with van der Waals surface area (Å²) in [4.78, 5) is 24.8. The average molecular weight is 283 g/mol. The molecule has 0 aromatic heterocycles. The van der Waals surface area contributed by atoms with E-state index in [4.69, 9.17) is 14.2 Å². The molecule has 0 spiro atoms. The number of hydrogen-bond acceptors (Lipinski definition) is 5. The number of methoxy groups -OCH3 is 1. The SMILES string of the molecule is COC(=O)C1=COC(OC(=O)N(C)C)C2C(C)CCC12. The molecule has 20 heavy (non-hydrogen) atoms. The Morgan fingerprint density at radius 1 is 1.35 bits per heavy atom. The summed E-state index contributed by atoms with van der Waals surface area (Å²) in [6.07, 6.45) is 2.16. The molecular weight excluding hydrogens is 262 g/mol. The second-order valence-corrected chi connectivity index (χ2v) is 5.59. The van der Waals surface area contributed by atoms with Gasteiger partial charge >= 0.3 is 12.1 Å². The predicted molar refractivity (Wildman–Crippen MR) is 70.5 cm³/mol. The Morgan fingerprint density at radius 3 is 2.65 bits per heavy atom. The third-order valence-corrected chi connectivity index (χ3v) is 4.10. The molecule has 6 nitrogen and oxygen atoms in total. The van der Waals surface area contributed by atoms with Crippen LogP contribution < -0.4 is 0 Å². The number of hydrogen-bond donors (Lipinski definition) is 0. The summed E-state index contributed by atoms with van der Waals surface area (Å²) in [5, 5.41) is 0. The highest BCUT2D eigenvalue weighted by atomic mass is 16.7. The smallest absolute Gasteiger partial charge is 0.412 e. The first-order chi connectivity index (χ1) is 9.45. The van der Waals surface area contributed by atoms with Crippen molar-refractivity contribution in [2.24, 2.45) is 17.8 Å². The minimum Gasteiger partial charge on any atom is -0.466 e. The van der Waals surface area contributed by atoms with Crippen LogP contribution in [-0.2, 0) is 19.0 Å². The fourth-order valence-electron chi connectivity index (χ4n) is 2.99. The largest absolute Gasteiger partial charge is 0.466 e. The van der Waals surface area contributed by atoms with Gasteiger partial charge in [-0.15, -0.1) is 0 Å². The molecule has 6 heteroatoms. The van der Waals surface area contributed by atoms with E-state index >= 15 is 0 Å². The van der Waals surface area contributed by atoms with Crippen LogP contribution in [0.3, 0.4) is 0 Å². The van der Waals surface area contributed by atoms with Gasteiger partial charge in [0.1, 0.15) is 0 Å². The molecule has 1 aliphatic carbocycles. The van der Waals surface area contributed by atoms with Gasteiger partial charge in [-0.05, 0) is 18.8 Å². The number of fused-ring (bicyclic) bond motifs is 1. The van der Waals surface area contributed by atoms with E-state index in [2.05, 4.69) is 6.92 Å². The van der Waals surface area contributed by atoms with E-state index in [1.807, 2.05) is 0 Å². The second-order valence-electron chi connectivity index (χ2n) is 5.59. The summed E-state index contributed by atoms with van der Waals surface area (Å²) in [5.74, 6) is -0.0102. The molecule has 4 unspecified atom stereocenters. The number of carbonyl (C=O) groups is 2. The van der Waals surface area contributed by atoms with Gasteiger partial charge in [0.25, 0.3) is 0 Å². The molecule has 0 bridgehead atoms. The molecule has 4 atom stereocenters. The maximum atomic E-state index is 11.8. The van der Waals surface area contributed by atoms with Crippen molar-refractivity contribution in [1.82, 2.24) is 4.90 Å². The van der Waals surface area contributed by atoms with Crippen LogP contribution in [0.1, 0.15) is 19.8 Å². The standard InChI is InChI=1S/C14H21NO5/c1-8-5-6-9-10(12(16)18-4)7-19-13(11(8)9)20-14(17)15(2)3/h7-9,11,13H,5-6H2,1-4H3. The fourth-order valence-corrected chi connectivity index (χ4v) is 2.99. The van der Waals surface area contributed by atoms with E-state index in [-0.39, 0.29) is 17.8 Å². The quantitative estimate of drug-likeness (QED) is 0.722. The molecular formula is C14H21NO5. The molecule has 1 fully saturated rings. The van der Waals surface area contributed by atoms with E-state index in [0.717, 1.165) is 12.8 Å². The highest BCUT2D eigenvalue weighted by Gasteiger charge is 2.48. The second kappa shape index (κ2) is 5.73. The van der Waals surface area contributed by atoms with Crippen LogP contribution in [-0.4, -0.2) is 44.5 Å². The first-order valence-electron chi connectivity index (χ1n) is 6.77. The lowest BCUT2D eigenvalue weighted by molar-refractivity contribution is -0.146. The molecule has 112 valence electrons. The molecule has 1 amide bonds. The Balaban J connectivity index is 2.19. The molecule has 0 N–H and O–H groups in total. The molecule has 1 heterocycles. The normalized spacial score (nSPS) is 31.7. The third-order valence-electron chi connectivity index (χ3n) is 4.10. The minimum atomic E-state index is -0.638. The Bertz CT molecular complexity index is 431. The third kappa shape index (κ3) is 2.59. The average Bonchev–Trinajstić information content (AvgIpc) is 2.81. The van der Waals surface area contributed by atoms with E-state index in [1.54, 1.807) is 14.1 Å². The van der Waals surface area contributed by atoms with Crippen molar-refractivity contribution in [2.75, 3.05) is 21.2 Å². The van der Waals surface area contributed by atoms with Crippen molar-refractivity contribution in [3.05, 3.63) is 11.8 Å². The predicted octanol–water partition coefficient (Wildman–Crippen LogP) is 1.76. The summed E-state index contributed by atoms with van der Waals surface area (Å²) in [7, 11) is 4.60. The summed E-state index contributed by atoms with van der Waals surface area (Å²) in [6.45, 7) is 2.09. The number of carbonyl (C=O) groups excluding carboxylic acids is 2. The van der Waals surface area contributed by atoms with E-state index in [0.29, 0.717) is 11.5 Å². The van der Waals surface area contributed by atoms with Crippen LogP contribution in [0, 0.1) is 17.8 Å². The molecule has 0 radical (unpaired) electrons. The molecule has 0 saturated heterocycles. The molecule has 2 rings (SSSR count). The van der Waals surface area contributed by atoms with Crippen molar-refractivity contribution < 1.29 is 23.8 Å². The van der Waals surface area contributed by atoms with Crippen LogP contribution in [0.4, 0.5) is 4.79 Å². The summed E-state index contributed by atoms with van der Waals surface area (Å²) in [5.41, 5.74) is 0.541. The summed E-state index contributed by atoms with van der Waals surface area (Å²) < 4.78 is 15.6. The zero-order valence-corrected chi connectivity index (χ0v) is 12.3. The lowest BCUT2D eigenvalue weighted by atomic mass is 9.83. The van der Waals surface area contributed by atoms with Crippen LogP contribution in [0.5, 0.6) is 0 Å². The highest BCUT2D eigenvalue weighted by molar-refractivity contribution is 5.89. The van der Waals surface area contributed by atoms with Gasteiger partial charge in [0.2, 0.25) is 6.29 Å². The minimum absolute atomic E-state index is 0.00185. The van der Waals surface area contributed by atoms with E-state index in [9.17, 15) is 9.59 Å². The van der Waals surface area contributed by atoms with Gasteiger partial charge in [0.15, 0.2) is 0 Å². The maximum absolute atomic E-state index is 11.8. The Morgan fingerprint density at radius 2 is 2.05 bits per heavy atom.